The average molecular weight is 486 g/mol. The Morgan fingerprint density at radius 1 is 0.944 bits per heavy atom. The first-order valence-electron chi connectivity index (χ1n) is 12.3. The number of methoxy groups -OCH3 is 1. The molecule has 3 aromatic carbocycles. The molecule has 1 heterocycles. The highest BCUT2D eigenvalue weighted by Crippen LogP contribution is 2.34. The van der Waals surface area contributed by atoms with Crippen LogP contribution in [0.25, 0.3) is 0 Å². The van der Waals surface area contributed by atoms with Crippen LogP contribution in [0, 0.1) is 6.92 Å². The maximum atomic E-state index is 11.6. The number of likely N-dealkylation sites (N-methyl/N-ethyl adjacent to an activating group) is 1. The number of amides is 1. The number of rotatable bonds is 9. The van der Waals surface area contributed by atoms with E-state index in [-0.39, 0.29) is 5.91 Å². The number of benzene rings is 3. The molecule has 0 radical (unpaired) electrons. The van der Waals surface area contributed by atoms with Crippen molar-refractivity contribution in [3.63, 3.8) is 0 Å². The molecule has 3 N–H and O–H groups in total. The summed E-state index contributed by atoms with van der Waals surface area (Å²) in [5.41, 5.74) is 6.70. The minimum atomic E-state index is -0.238. The largest absolute Gasteiger partial charge is 0.494 e. The van der Waals surface area contributed by atoms with Crippen LogP contribution in [0.5, 0.6) is 5.75 Å². The van der Waals surface area contributed by atoms with Crippen LogP contribution < -0.4 is 25.6 Å². The van der Waals surface area contributed by atoms with Gasteiger partial charge in [0.2, 0.25) is 5.91 Å². The molecule has 0 unspecified atom stereocenters. The van der Waals surface area contributed by atoms with Gasteiger partial charge in [0.25, 0.3) is 0 Å². The van der Waals surface area contributed by atoms with E-state index >= 15 is 0 Å². The molecule has 7 nitrogen and oxygen atoms in total. The number of ether oxygens (including phenoxy) is 1. The summed E-state index contributed by atoms with van der Waals surface area (Å²) in [7, 11) is 1.71. The molecule has 1 amide bonds. The third-order valence-corrected chi connectivity index (χ3v) is 6.48. The third kappa shape index (κ3) is 6.17. The smallest absolute Gasteiger partial charge is 0.247 e. The highest BCUT2D eigenvalue weighted by Gasteiger charge is 2.17. The summed E-state index contributed by atoms with van der Waals surface area (Å²) in [6.07, 6.45) is 1.26. The van der Waals surface area contributed by atoms with Crippen molar-refractivity contribution < 1.29 is 9.53 Å². The summed E-state index contributed by atoms with van der Waals surface area (Å²) >= 11 is 0. The van der Waals surface area contributed by atoms with Crippen molar-refractivity contribution in [2.75, 3.05) is 60.7 Å². The summed E-state index contributed by atoms with van der Waals surface area (Å²) in [5, 5.41) is 9.76. The summed E-state index contributed by atoms with van der Waals surface area (Å²) < 4.78 is 5.74. The zero-order chi connectivity index (χ0) is 25.5. The van der Waals surface area contributed by atoms with Crippen molar-refractivity contribution in [3.05, 3.63) is 78.9 Å². The number of piperazine rings is 1. The Hall–Kier alpha value is -3.97. The molecule has 0 saturated carbocycles. The number of anilines is 6. The highest BCUT2D eigenvalue weighted by molar-refractivity contribution is 5.99. The first-order valence-corrected chi connectivity index (χ1v) is 12.3. The molecular weight excluding hydrogens is 450 g/mol. The molecule has 1 aliphatic rings. The Balaban J connectivity index is 1.49. The molecule has 0 aromatic heterocycles. The zero-order valence-corrected chi connectivity index (χ0v) is 21.3. The highest BCUT2D eigenvalue weighted by atomic mass is 16.5. The van der Waals surface area contributed by atoms with Gasteiger partial charge in [0.05, 0.1) is 12.8 Å². The first kappa shape index (κ1) is 25.1. The molecule has 3 aromatic rings. The Kier molecular flexibility index (Phi) is 8.13. The molecule has 7 heteroatoms. The average Bonchev–Trinajstić information content (AvgIpc) is 2.91. The van der Waals surface area contributed by atoms with E-state index in [9.17, 15) is 4.79 Å². The molecule has 0 spiro atoms. The van der Waals surface area contributed by atoms with Crippen LogP contribution in [0.1, 0.15) is 12.5 Å². The molecule has 36 heavy (non-hydrogen) atoms. The summed E-state index contributed by atoms with van der Waals surface area (Å²) in [6.45, 7) is 13.1. The lowest BCUT2D eigenvalue weighted by Gasteiger charge is -2.35. The number of nitrogens with zero attached hydrogens (tertiary/aromatic N) is 2. The third-order valence-electron chi connectivity index (χ3n) is 6.48. The zero-order valence-electron chi connectivity index (χ0n) is 21.3. The SMILES string of the molecule is C=CC(=O)Nc1cccc(Nc2cc(Nc3ccc(N4CCN(CC)CC4)cc3OC)ccc2C)c1. The molecule has 1 saturated heterocycles. The van der Waals surface area contributed by atoms with E-state index in [1.807, 2.05) is 24.3 Å². The van der Waals surface area contributed by atoms with Gasteiger partial charge in [-0.05, 0) is 67.6 Å². The van der Waals surface area contributed by atoms with Crippen molar-refractivity contribution in [1.82, 2.24) is 4.90 Å². The van der Waals surface area contributed by atoms with Crippen LogP contribution >= 0.6 is 0 Å². The quantitative estimate of drug-likeness (QED) is 0.335. The fourth-order valence-corrected chi connectivity index (χ4v) is 4.32. The van der Waals surface area contributed by atoms with Gasteiger partial charge in [-0.15, -0.1) is 0 Å². The second-order valence-corrected chi connectivity index (χ2v) is 8.86. The van der Waals surface area contributed by atoms with Crippen LogP contribution in [-0.2, 0) is 4.79 Å². The fraction of sp³-hybridized carbons (Fsp3) is 0.276. The number of hydrogen-bond donors (Lipinski definition) is 3. The van der Waals surface area contributed by atoms with E-state index in [2.05, 4.69) is 82.6 Å². The van der Waals surface area contributed by atoms with Crippen molar-refractivity contribution in [2.24, 2.45) is 0 Å². The van der Waals surface area contributed by atoms with Gasteiger partial charge in [-0.1, -0.05) is 25.6 Å². The van der Waals surface area contributed by atoms with E-state index in [0.717, 1.165) is 66.8 Å². The number of carbonyl (C=O) groups is 1. The Labute approximate surface area is 213 Å². The lowest BCUT2D eigenvalue weighted by Crippen LogP contribution is -2.46. The van der Waals surface area contributed by atoms with Gasteiger partial charge < -0.3 is 30.5 Å². The second-order valence-electron chi connectivity index (χ2n) is 8.86. The predicted octanol–water partition coefficient (Wildman–Crippen LogP) is 5.76. The van der Waals surface area contributed by atoms with Gasteiger partial charge >= 0.3 is 0 Å². The van der Waals surface area contributed by atoms with Gasteiger partial charge in [0.1, 0.15) is 5.75 Å². The number of hydrogen-bond acceptors (Lipinski definition) is 6. The Morgan fingerprint density at radius 2 is 1.67 bits per heavy atom. The van der Waals surface area contributed by atoms with E-state index in [0.29, 0.717) is 5.69 Å². The lowest BCUT2D eigenvalue weighted by atomic mass is 10.1. The molecule has 0 aliphatic carbocycles. The fourth-order valence-electron chi connectivity index (χ4n) is 4.32. The molecule has 1 aliphatic heterocycles. The topological polar surface area (TPSA) is 68.9 Å². The molecule has 0 bridgehead atoms. The molecule has 4 rings (SSSR count). The van der Waals surface area contributed by atoms with E-state index in [4.69, 9.17) is 4.74 Å². The monoisotopic (exact) mass is 485 g/mol. The van der Waals surface area contributed by atoms with Gasteiger partial charge in [-0.25, -0.2) is 0 Å². The Morgan fingerprint density at radius 3 is 2.39 bits per heavy atom. The molecule has 1 fully saturated rings. The summed E-state index contributed by atoms with van der Waals surface area (Å²) in [4.78, 5) is 16.5. The lowest BCUT2D eigenvalue weighted by molar-refractivity contribution is -0.111. The molecule has 0 atom stereocenters. The van der Waals surface area contributed by atoms with Gasteiger partial charge in [-0.3, -0.25) is 4.79 Å². The van der Waals surface area contributed by atoms with Crippen LogP contribution in [0.15, 0.2) is 73.3 Å². The van der Waals surface area contributed by atoms with Gasteiger partial charge in [-0.2, -0.15) is 0 Å². The first-order chi connectivity index (χ1) is 17.5. The van der Waals surface area contributed by atoms with Crippen LogP contribution in [0.2, 0.25) is 0 Å². The molecular formula is C29H35N5O2. The number of aryl methyl sites for hydroxylation is 1. The van der Waals surface area contributed by atoms with Crippen LogP contribution in [0.4, 0.5) is 34.1 Å². The minimum absolute atomic E-state index is 0.238. The van der Waals surface area contributed by atoms with Crippen molar-refractivity contribution in [2.45, 2.75) is 13.8 Å². The maximum absolute atomic E-state index is 11.6. The second kappa shape index (κ2) is 11.6. The van der Waals surface area contributed by atoms with E-state index < -0.39 is 0 Å². The van der Waals surface area contributed by atoms with Crippen molar-refractivity contribution in [1.29, 1.82) is 0 Å². The maximum Gasteiger partial charge on any atom is 0.247 e. The van der Waals surface area contributed by atoms with Gasteiger partial charge in [0, 0.05) is 60.7 Å². The normalized spacial score (nSPS) is 13.7. The van der Waals surface area contributed by atoms with Crippen molar-refractivity contribution in [3.8, 4) is 5.75 Å². The summed E-state index contributed by atoms with van der Waals surface area (Å²) in [6, 6.07) is 20.1. The minimum Gasteiger partial charge on any atom is -0.494 e. The Bertz CT molecular complexity index is 1220. The number of carbonyl (C=O) groups excluding carboxylic acids is 1. The predicted molar refractivity (Wildman–Crippen MR) is 150 cm³/mol. The van der Waals surface area contributed by atoms with Crippen LogP contribution in [0.3, 0.4) is 0 Å². The standard InChI is InChI=1S/C29H35N5O2/c1-5-29(35)32-23-9-7-8-22(18-23)31-27-19-24(11-10-21(27)3)30-26-13-12-25(20-28(26)36-4)34-16-14-33(6-2)15-17-34/h5,7-13,18-20,30-31H,1,6,14-17H2,2-4H3,(H,32,35). The number of nitrogens with one attached hydrogen (secondary N) is 3. The molecule has 188 valence electrons. The summed E-state index contributed by atoms with van der Waals surface area (Å²) in [5.74, 6) is 0.573. The van der Waals surface area contributed by atoms with Crippen LogP contribution in [-0.4, -0.2) is 50.6 Å². The van der Waals surface area contributed by atoms with Gasteiger partial charge in [0.15, 0.2) is 0 Å². The van der Waals surface area contributed by atoms with E-state index in [1.165, 1.54) is 11.8 Å². The van der Waals surface area contributed by atoms with E-state index in [1.54, 1.807) is 7.11 Å². The van der Waals surface area contributed by atoms with Crippen molar-refractivity contribution >= 4 is 40.0 Å².